The number of aliphatic hydroxyl groups excluding tert-OH is 1. The number of aryl methyl sites for hydroxylation is 1. The molecule has 0 spiro atoms. The smallest absolute Gasteiger partial charge is 0.350 e. The maximum Gasteiger partial charge on any atom is 0.350 e. The van der Waals surface area contributed by atoms with Crippen molar-refractivity contribution in [2.24, 2.45) is 0 Å². The summed E-state index contributed by atoms with van der Waals surface area (Å²) in [6.07, 6.45) is 1.28. The maximum absolute atomic E-state index is 14.9. The molecule has 1 amide bonds. The van der Waals surface area contributed by atoms with Crippen molar-refractivity contribution in [2.45, 2.75) is 13.0 Å². The van der Waals surface area contributed by atoms with E-state index in [-0.39, 0.29) is 36.2 Å². The lowest BCUT2D eigenvalue weighted by Crippen LogP contribution is -2.49. The van der Waals surface area contributed by atoms with E-state index in [1.165, 1.54) is 28.8 Å². The number of hydrogen-bond donors (Lipinski definition) is 2. The molecule has 1 fully saturated rings. The Kier molecular flexibility index (Phi) is 5.68. The van der Waals surface area contributed by atoms with Gasteiger partial charge in [0, 0.05) is 37.1 Å². The summed E-state index contributed by atoms with van der Waals surface area (Å²) < 4.78 is 22.3. The maximum atomic E-state index is 14.9. The molecule has 2 aliphatic heterocycles. The van der Waals surface area contributed by atoms with Crippen molar-refractivity contribution < 1.29 is 24.1 Å². The highest BCUT2D eigenvalue weighted by molar-refractivity contribution is 6.01. The summed E-state index contributed by atoms with van der Waals surface area (Å²) in [5.74, 6) is -0.335. The highest BCUT2D eigenvalue weighted by Gasteiger charge is 2.32. The van der Waals surface area contributed by atoms with Crippen molar-refractivity contribution in [3.05, 3.63) is 58.8 Å². The number of rotatable bonds is 4. The van der Waals surface area contributed by atoms with Crippen LogP contribution in [0.2, 0.25) is 0 Å². The topological polar surface area (TPSA) is 108 Å². The number of carbonyl (C=O) groups is 1. The van der Waals surface area contributed by atoms with Crippen molar-refractivity contribution in [3.63, 3.8) is 0 Å². The molecular formula is C25H25FN4O5. The van der Waals surface area contributed by atoms with E-state index in [9.17, 15) is 24.2 Å². The minimum atomic E-state index is -0.661. The van der Waals surface area contributed by atoms with Gasteiger partial charge in [0.05, 0.1) is 23.7 Å². The fourth-order valence-corrected chi connectivity index (χ4v) is 4.93. The standard InChI is InChI=1S/C25H25FN4O5/c1-3-19(33)28-7-9-29(10-8-28)24-16-11-14(2)20(21-17(26)5-4-6-18(21)32)23-22(16)30(25(34)27-24)15(12-31)13-35-23/h3-6,11,15,31-32H,1,7-10,12-13H2,2H3/t15-/m0/s1. The first-order chi connectivity index (χ1) is 16.8. The van der Waals surface area contributed by atoms with Crippen molar-refractivity contribution >= 4 is 22.6 Å². The van der Waals surface area contributed by atoms with Crippen LogP contribution in [-0.4, -0.2) is 70.0 Å². The van der Waals surface area contributed by atoms with Gasteiger partial charge in [-0.15, -0.1) is 0 Å². The van der Waals surface area contributed by atoms with E-state index in [1.54, 1.807) is 17.9 Å². The van der Waals surface area contributed by atoms with E-state index in [1.807, 2.05) is 4.90 Å². The van der Waals surface area contributed by atoms with Crippen LogP contribution in [0.25, 0.3) is 22.0 Å². The number of aromatic nitrogens is 2. The van der Waals surface area contributed by atoms with Gasteiger partial charge in [0.1, 0.15) is 24.0 Å². The molecule has 1 aromatic heterocycles. The van der Waals surface area contributed by atoms with Gasteiger partial charge in [0.25, 0.3) is 0 Å². The first-order valence-corrected chi connectivity index (χ1v) is 11.3. The number of hydrogen-bond acceptors (Lipinski definition) is 7. The van der Waals surface area contributed by atoms with E-state index in [0.29, 0.717) is 54.0 Å². The second-order valence-electron chi connectivity index (χ2n) is 8.68. The lowest BCUT2D eigenvalue weighted by atomic mass is 9.94. The van der Waals surface area contributed by atoms with Crippen LogP contribution in [0, 0.1) is 12.7 Å². The molecule has 3 aromatic rings. The zero-order valence-electron chi connectivity index (χ0n) is 19.2. The number of phenols is 1. The Bertz CT molecular complexity index is 1390. The van der Waals surface area contributed by atoms with Crippen molar-refractivity contribution in [1.29, 1.82) is 0 Å². The van der Waals surface area contributed by atoms with E-state index >= 15 is 0 Å². The van der Waals surface area contributed by atoms with Gasteiger partial charge in [0.2, 0.25) is 5.91 Å². The van der Waals surface area contributed by atoms with Crippen LogP contribution in [0.5, 0.6) is 11.5 Å². The normalized spacial score (nSPS) is 17.4. The zero-order valence-corrected chi connectivity index (χ0v) is 19.2. The number of ether oxygens (including phenoxy) is 1. The molecule has 2 aliphatic rings. The van der Waals surface area contributed by atoms with Crippen molar-refractivity contribution in [1.82, 2.24) is 14.5 Å². The third kappa shape index (κ3) is 3.61. The van der Waals surface area contributed by atoms with Crippen LogP contribution in [0.3, 0.4) is 0 Å². The van der Waals surface area contributed by atoms with Crippen LogP contribution in [0.1, 0.15) is 11.6 Å². The molecule has 10 heteroatoms. The van der Waals surface area contributed by atoms with Gasteiger partial charge in [-0.1, -0.05) is 12.6 Å². The van der Waals surface area contributed by atoms with Gasteiger partial charge >= 0.3 is 5.69 Å². The Hall–Kier alpha value is -3.92. The zero-order chi connectivity index (χ0) is 24.9. The lowest BCUT2D eigenvalue weighted by Gasteiger charge is -2.36. The second kappa shape index (κ2) is 8.70. The Morgan fingerprint density at radius 2 is 2.03 bits per heavy atom. The summed E-state index contributed by atoms with van der Waals surface area (Å²) in [6.45, 7) is 6.76. The quantitative estimate of drug-likeness (QED) is 0.550. The molecule has 9 nitrogen and oxygen atoms in total. The van der Waals surface area contributed by atoms with E-state index in [2.05, 4.69) is 11.6 Å². The van der Waals surface area contributed by atoms with Gasteiger partial charge in [-0.2, -0.15) is 4.98 Å². The number of benzene rings is 2. The molecule has 3 heterocycles. The molecule has 1 saturated heterocycles. The third-order valence-corrected chi connectivity index (χ3v) is 6.64. The monoisotopic (exact) mass is 480 g/mol. The number of phenolic OH excluding ortho intramolecular Hbond substituents is 1. The minimum Gasteiger partial charge on any atom is -0.507 e. The van der Waals surface area contributed by atoms with Crippen LogP contribution in [-0.2, 0) is 4.79 Å². The van der Waals surface area contributed by atoms with E-state index in [4.69, 9.17) is 4.74 Å². The van der Waals surface area contributed by atoms with Crippen molar-refractivity contribution in [2.75, 3.05) is 44.3 Å². The SMILES string of the molecule is C=CC(=O)N1CCN(c2nc(=O)n3c4c(c(-c5c(O)cccc5F)c(C)cc24)OC[C@@H]3CO)CC1. The molecule has 1 atom stereocenters. The molecule has 0 unspecified atom stereocenters. The number of nitrogens with zero attached hydrogens (tertiary/aromatic N) is 4. The van der Waals surface area contributed by atoms with Gasteiger partial charge in [-0.3, -0.25) is 9.36 Å². The molecule has 2 aromatic carbocycles. The summed E-state index contributed by atoms with van der Waals surface area (Å²) in [7, 11) is 0. The number of aliphatic hydroxyl groups is 1. The second-order valence-corrected chi connectivity index (χ2v) is 8.68. The van der Waals surface area contributed by atoms with Crippen molar-refractivity contribution in [3.8, 4) is 22.6 Å². The number of piperazine rings is 1. The predicted octanol–water partition coefficient (Wildman–Crippen LogP) is 1.98. The lowest BCUT2D eigenvalue weighted by molar-refractivity contribution is -0.126. The summed E-state index contributed by atoms with van der Waals surface area (Å²) in [5.41, 5.74) is 0.782. The number of anilines is 1. The summed E-state index contributed by atoms with van der Waals surface area (Å²) in [4.78, 5) is 33.2. The molecule has 0 aliphatic carbocycles. The van der Waals surface area contributed by atoms with Crippen LogP contribution >= 0.6 is 0 Å². The molecular weight excluding hydrogens is 455 g/mol. The van der Waals surface area contributed by atoms with Crippen LogP contribution in [0.15, 0.2) is 41.7 Å². The van der Waals surface area contributed by atoms with Gasteiger partial charge < -0.3 is 24.7 Å². The number of halogens is 1. The Balaban J connectivity index is 1.74. The predicted molar refractivity (Wildman–Crippen MR) is 128 cm³/mol. The summed E-state index contributed by atoms with van der Waals surface area (Å²) >= 11 is 0. The Morgan fingerprint density at radius 3 is 2.69 bits per heavy atom. The van der Waals surface area contributed by atoms with Crippen LogP contribution < -0.4 is 15.3 Å². The highest BCUT2D eigenvalue weighted by atomic mass is 19.1. The first-order valence-electron chi connectivity index (χ1n) is 11.3. The number of amides is 1. The fraction of sp³-hybridized carbons (Fsp3) is 0.320. The van der Waals surface area contributed by atoms with Crippen LogP contribution in [0.4, 0.5) is 10.2 Å². The van der Waals surface area contributed by atoms with E-state index in [0.717, 1.165) is 0 Å². The number of aromatic hydroxyl groups is 1. The molecule has 2 N–H and O–H groups in total. The molecule has 35 heavy (non-hydrogen) atoms. The third-order valence-electron chi connectivity index (χ3n) is 6.64. The number of carbonyl (C=O) groups excluding carboxylic acids is 1. The van der Waals surface area contributed by atoms with Gasteiger partial charge in [0.15, 0.2) is 5.75 Å². The van der Waals surface area contributed by atoms with Gasteiger partial charge in [-0.25, -0.2) is 9.18 Å². The average molecular weight is 480 g/mol. The first kappa shape index (κ1) is 22.9. The largest absolute Gasteiger partial charge is 0.507 e. The Labute approximate surface area is 200 Å². The summed E-state index contributed by atoms with van der Waals surface area (Å²) in [6, 6.07) is 5.19. The fourth-order valence-electron chi connectivity index (χ4n) is 4.93. The summed E-state index contributed by atoms with van der Waals surface area (Å²) in [5, 5.41) is 21.0. The molecule has 5 rings (SSSR count). The van der Waals surface area contributed by atoms with E-state index < -0.39 is 17.5 Å². The molecule has 0 radical (unpaired) electrons. The molecule has 0 saturated carbocycles. The molecule has 0 bridgehead atoms. The highest BCUT2D eigenvalue weighted by Crippen LogP contribution is 2.47. The Morgan fingerprint density at radius 1 is 1.29 bits per heavy atom. The van der Waals surface area contributed by atoms with Gasteiger partial charge in [-0.05, 0) is 36.8 Å². The average Bonchev–Trinajstić information content (AvgIpc) is 2.86. The molecule has 182 valence electrons. The minimum absolute atomic E-state index is 0.00641.